The third-order valence-corrected chi connectivity index (χ3v) is 1.80. The van der Waals surface area contributed by atoms with Gasteiger partial charge in [0.2, 0.25) is 0 Å². The van der Waals surface area contributed by atoms with Gasteiger partial charge in [0, 0.05) is 6.42 Å². The van der Waals surface area contributed by atoms with Crippen LogP contribution in [0.2, 0.25) is 0 Å². The van der Waals surface area contributed by atoms with Crippen molar-refractivity contribution in [2.24, 2.45) is 0 Å². The topological polar surface area (TPSA) is 37.3 Å². The molecule has 0 spiro atoms. The Bertz CT molecular complexity index is 135. The molecule has 0 aliphatic heterocycles. The molecule has 0 heterocycles. The van der Waals surface area contributed by atoms with Gasteiger partial charge in [0.1, 0.15) is 0 Å². The predicted octanol–water partition coefficient (Wildman–Crippen LogP) is 2.07. The summed E-state index contributed by atoms with van der Waals surface area (Å²) in [5.41, 5.74) is 0. The van der Waals surface area contributed by atoms with Crippen LogP contribution in [0.4, 0.5) is 0 Å². The van der Waals surface area contributed by atoms with E-state index in [0.29, 0.717) is 6.42 Å². The molecule has 0 radical (unpaired) electrons. The molecule has 0 aliphatic carbocycles. The Hall–Kier alpha value is 0.470. The molecule has 0 rings (SSSR count). The molecule has 3 heteroatoms. The van der Waals surface area contributed by atoms with Crippen LogP contribution in [0.5, 0.6) is 0 Å². The first kappa shape index (κ1) is 15.9. The monoisotopic (exact) mass is 212 g/mol. The Kier molecular flexibility index (Phi) is 15.3. The third-order valence-electron chi connectivity index (χ3n) is 1.80. The van der Waals surface area contributed by atoms with Crippen molar-refractivity contribution in [2.75, 3.05) is 0 Å². The van der Waals surface area contributed by atoms with Crippen molar-refractivity contribution in [2.45, 2.75) is 44.9 Å². The molecule has 0 unspecified atom stereocenters. The Balaban J connectivity index is 0. The van der Waals surface area contributed by atoms with Crippen molar-refractivity contribution >= 4 is 43.7 Å². The summed E-state index contributed by atoms with van der Waals surface area (Å²) in [6.07, 6.45) is 8.74. The molecule has 0 fully saturated rings. The summed E-state index contributed by atoms with van der Waals surface area (Å²) >= 11 is 0. The summed E-state index contributed by atoms with van der Waals surface area (Å²) in [4.78, 5) is 10.1. The molecule has 1 N–H and O–H groups in total. The second kappa shape index (κ2) is 12.5. The first-order valence-electron chi connectivity index (χ1n) is 4.60. The summed E-state index contributed by atoms with van der Waals surface area (Å²) in [6.45, 7) is 3.64. The van der Waals surface area contributed by atoms with Crippen LogP contribution < -0.4 is 0 Å². The molecule has 0 amide bonds. The average Bonchev–Trinajstić information content (AvgIpc) is 2.02. The van der Waals surface area contributed by atoms with Gasteiger partial charge in [0.05, 0.1) is 0 Å². The minimum atomic E-state index is -0.680. The summed E-state index contributed by atoms with van der Waals surface area (Å²) in [7, 11) is 0. The van der Waals surface area contributed by atoms with Gasteiger partial charge in [-0.25, -0.2) is 0 Å². The van der Waals surface area contributed by atoms with E-state index in [9.17, 15) is 4.79 Å². The van der Waals surface area contributed by atoms with Gasteiger partial charge in [-0.1, -0.05) is 25.3 Å². The van der Waals surface area contributed by atoms with E-state index in [2.05, 4.69) is 6.58 Å². The van der Waals surface area contributed by atoms with Gasteiger partial charge in [-0.15, -0.1) is 6.58 Å². The Morgan fingerprint density at radius 3 is 2.23 bits per heavy atom. The molecule has 0 aliphatic rings. The van der Waals surface area contributed by atoms with Gasteiger partial charge in [-0.3, -0.25) is 4.79 Å². The maximum absolute atomic E-state index is 10.1. The minimum absolute atomic E-state index is 0. The van der Waals surface area contributed by atoms with E-state index in [0.717, 1.165) is 25.7 Å². The normalized spacial score (nSPS) is 8.92. The van der Waals surface area contributed by atoms with Crippen LogP contribution in [0.1, 0.15) is 44.9 Å². The molecule has 0 aromatic rings. The Morgan fingerprint density at radius 2 is 1.69 bits per heavy atom. The SMILES string of the molecule is C=CCCCCCCCC(=O)O.[CaH2]. The first-order chi connectivity index (χ1) is 5.77. The van der Waals surface area contributed by atoms with E-state index >= 15 is 0 Å². The van der Waals surface area contributed by atoms with Crippen LogP contribution in [-0.4, -0.2) is 48.8 Å². The van der Waals surface area contributed by atoms with Crippen molar-refractivity contribution in [1.29, 1.82) is 0 Å². The fourth-order valence-corrected chi connectivity index (χ4v) is 1.10. The molecule has 0 aromatic heterocycles. The van der Waals surface area contributed by atoms with Crippen molar-refractivity contribution < 1.29 is 9.90 Å². The number of allylic oxidation sites excluding steroid dienone is 1. The molecule has 13 heavy (non-hydrogen) atoms. The molecule has 0 atom stereocenters. The summed E-state index contributed by atoms with van der Waals surface area (Å²) in [5, 5.41) is 8.34. The van der Waals surface area contributed by atoms with Crippen LogP contribution in [0.25, 0.3) is 0 Å². The van der Waals surface area contributed by atoms with Crippen molar-refractivity contribution in [3.05, 3.63) is 12.7 Å². The summed E-state index contributed by atoms with van der Waals surface area (Å²) < 4.78 is 0. The first-order valence-corrected chi connectivity index (χ1v) is 4.60. The zero-order valence-electron chi connectivity index (χ0n) is 7.59. The number of carboxylic acid groups (broad SMARTS) is 1. The van der Waals surface area contributed by atoms with Gasteiger partial charge in [-0.05, 0) is 19.3 Å². The number of carbonyl (C=O) groups is 1. The number of hydrogen-bond acceptors (Lipinski definition) is 1. The van der Waals surface area contributed by atoms with Crippen LogP contribution in [-0.2, 0) is 4.79 Å². The molecule has 0 bridgehead atoms. The third kappa shape index (κ3) is 15.2. The van der Waals surface area contributed by atoms with Gasteiger partial charge < -0.3 is 5.11 Å². The van der Waals surface area contributed by atoms with Gasteiger partial charge >= 0.3 is 43.7 Å². The van der Waals surface area contributed by atoms with E-state index in [1.54, 1.807) is 0 Å². The van der Waals surface area contributed by atoms with E-state index in [1.807, 2.05) is 6.08 Å². The van der Waals surface area contributed by atoms with Gasteiger partial charge in [-0.2, -0.15) is 0 Å². The number of rotatable bonds is 8. The zero-order valence-corrected chi connectivity index (χ0v) is 7.59. The molecule has 0 saturated carbocycles. The Labute approximate surface area is 110 Å². The number of unbranched alkanes of at least 4 members (excludes halogenated alkanes) is 5. The predicted molar refractivity (Wildman–Crippen MR) is 58.7 cm³/mol. The number of aliphatic carboxylic acids is 1. The van der Waals surface area contributed by atoms with Crippen LogP contribution in [0, 0.1) is 0 Å². The molecule has 2 nitrogen and oxygen atoms in total. The van der Waals surface area contributed by atoms with Crippen molar-refractivity contribution in [3.63, 3.8) is 0 Å². The van der Waals surface area contributed by atoms with Crippen LogP contribution in [0.3, 0.4) is 0 Å². The molecular weight excluding hydrogens is 192 g/mol. The van der Waals surface area contributed by atoms with E-state index in [4.69, 9.17) is 5.11 Å². The van der Waals surface area contributed by atoms with Crippen molar-refractivity contribution in [3.8, 4) is 0 Å². The van der Waals surface area contributed by atoms with Gasteiger partial charge in [0.15, 0.2) is 0 Å². The fraction of sp³-hybridized carbons (Fsp3) is 0.700. The molecule has 74 valence electrons. The van der Waals surface area contributed by atoms with Crippen molar-refractivity contribution in [1.82, 2.24) is 0 Å². The zero-order chi connectivity index (χ0) is 9.23. The number of hydrogen-bond donors (Lipinski definition) is 1. The second-order valence-electron chi connectivity index (χ2n) is 2.99. The van der Waals surface area contributed by atoms with Crippen LogP contribution >= 0.6 is 0 Å². The molecule has 0 saturated heterocycles. The van der Waals surface area contributed by atoms with E-state index in [1.165, 1.54) is 12.8 Å². The van der Waals surface area contributed by atoms with Gasteiger partial charge in [0.25, 0.3) is 0 Å². The summed E-state index contributed by atoms with van der Waals surface area (Å²) in [5.74, 6) is -0.680. The quantitative estimate of drug-likeness (QED) is 0.380. The number of carboxylic acids is 1. The summed E-state index contributed by atoms with van der Waals surface area (Å²) in [6, 6.07) is 0. The average molecular weight is 212 g/mol. The standard InChI is InChI=1S/C10H18O2.Ca.2H/c1-2-3-4-5-6-7-8-9-10(11)12;;;/h2H,1,3-9H2,(H,11,12);;;. The molecular formula is C10H20CaO2. The second-order valence-corrected chi connectivity index (χ2v) is 2.99. The van der Waals surface area contributed by atoms with E-state index < -0.39 is 5.97 Å². The maximum atomic E-state index is 10.1. The molecule has 0 aromatic carbocycles. The van der Waals surface area contributed by atoms with E-state index in [-0.39, 0.29) is 37.7 Å². The fourth-order valence-electron chi connectivity index (χ4n) is 1.10. The Morgan fingerprint density at radius 1 is 1.15 bits per heavy atom. The van der Waals surface area contributed by atoms with Crippen LogP contribution in [0.15, 0.2) is 12.7 Å².